The zero-order chi connectivity index (χ0) is 14.3. The Bertz CT molecular complexity index is 575. The number of nitrogens with one attached hydrogen (secondary N) is 2. The van der Waals surface area contributed by atoms with Gasteiger partial charge in [-0.2, -0.15) is 5.26 Å². The van der Waals surface area contributed by atoms with Gasteiger partial charge in [-0.25, -0.2) is 17.9 Å². The minimum Gasteiger partial charge on any atom is -0.352 e. The van der Waals surface area contributed by atoms with E-state index in [2.05, 4.69) is 10.0 Å². The summed E-state index contributed by atoms with van der Waals surface area (Å²) < 4.78 is 26.0. The second-order valence-corrected chi connectivity index (χ2v) is 5.43. The number of hydrogen-bond acceptors (Lipinski definition) is 4. The monoisotopic (exact) mass is 282 g/mol. The molecule has 0 aliphatic carbocycles. The number of amides is 2. The molecule has 0 atom stereocenters. The maximum atomic E-state index is 11.8. The molecule has 0 aromatic heterocycles. The topological polar surface area (TPSA) is 125 Å². The number of carbonyl (C=O) groups excluding carboxylic acids is 1. The van der Waals surface area contributed by atoms with Crippen LogP contribution in [0.5, 0.6) is 0 Å². The highest BCUT2D eigenvalue weighted by molar-refractivity contribution is 7.89. The highest BCUT2D eigenvalue weighted by Crippen LogP contribution is 2.10. The fourth-order valence-corrected chi connectivity index (χ4v) is 2.36. The molecular formula is C11H14N4O3S. The van der Waals surface area contributed by atoms with E-state index in [9.17, 15) is 13.2 Å². The van der Waals surface area contributed by atoms with Crippen molar-refractivity contribution in [2.45, 2.75) is 11.3 Å². The van der Waals surface area contributed by atoms with Gasteiger partial charge in [0.15, 0.2) is 0 Å². The lowest BCUT2D eigenvalue weighted by Gasteiger charge is -2.07. The Hall–Kier alpha value is -2.11. The Balaban J connectivity index is 2.62. The van der Waals surface area contributed by atoms with Gasteiger partial charge in [0.2, 0.25) is 10.0 Å². The van der Waals surface area contributed by atoms with E-state index in [1.807, 2.05) is 6.07 Å². The van der Waals surface area contributed by atoms with Gasteiger partial charge in [0.1, 0.15) is 0 Å². The number of nitrogens with zero attached hydrogens (tertiary/aromatic N) is 1. The van der Waals surface area contributed by atoms with Crippen LogP contribution in [0.25, 0.3) is 0 Å². The fourth-order valence-electron chi connectivity index (χ4n) is 1.33. The number of urea groups is 1. The van der Waals surface area contributed by atoms with Crippen LogP contribution in [0.2, 0.25) is 0 Å². The van der Waals surface area contributed by atoms with E-state index in [-0.39, 0.29) is 24.4 Å². The van der Waals surface area contributed by atoms with Gasteiger partial charge in [-0.05, 0) is 17.7 Å². The minimum absolute atomic E-state index is 0.0468. The van der Waals surface area contributed by atoms with E-state index in [1.165, 1.54) is 12.1 Å². The van der Waals surface area contributed by atoms with Gasteiger partial charge >= 0.3 is 6.03 Å². The van der Waals surface area contributed by atoms with Gasteiger partial charge in [-0.15, -0.1) is 0 Å². The molecule has 0 spiro atoms. The molecule has 0 saturated heterocycles. The van der Waals surface area contributed by atoms with Crippen LogP contribution in [0.3, 0.4) is 0 Å². The minimum atomic E-state index is -3.61. The molecule has 4 N–H and O–H groups in total. The average molecular weight is 282 g/mol. The lowest BCUT2D eigenvalue weighted by molar-refractivity contribution is 0.249. The van der Waals surface area contributed by atoms with Crippen LogP contribution in [-0.2, 0) is 16.4 Å². The third-order valence-corrected chi connectivity index (χ3v) is 3.71. The van der Waals surface area contributed by atoms with Crippen LogP contribution in [0.15, 0.2) is 29.2 Å². The van der Waals surface area contributed by atoms with Gasteiger partial charge in [-0.1, -0.05) is 12.1 Å². The highest BCUT2D eigenvalue weighted by Gasteiger charge is 2.12. The SMILES string of the molecule is N#CCc1ccc(S(=O)(=O)NCCNC(N)=O)cc1. The zero-order valence-corrected chi connectivity index (χ0v) is 10.9. The van der Waals surface area contributed by atoms with Crippen molar-refractivity contribution in [1.29, 1.82) is 5.26 Å². The van der Waals surface area contributed by atoms with Crippen molar-refractivity contribution in [3.05, 3.63) is 29.8 Å². The van der Waals surface area contributed by atoms with Crippen molar-refractivity contribution in [2.75, 3.05) is 13.1 Å². The summed E-state index contributed by atoms with van der Waals surface area (Å²) in [5, 5.41) is 10.8. The normalized spacial score (nSPS) is 10.7. The standard InChI is InChI=1S/C11H14N4O3S/c12-6-5-9-1-3-10(4-2-9)19(17,18)15-8-7-14-11(13)16/h1-4,15H,5,7-8H2,(H3,13,14,16). The van der Waals surface area contributed by atoms with Crippen LogP contribution in [-0.4, -0.2) is 27.5 Å². The smallest absolute Gasteiger partial charge is 0.312 e. The van der Waals surface area contributed by atoms with Gasteiger partial charge in [-0.3, -0.25) is 0 Å². The molecule has 8 heteroatoms. The van der Waals surface area contributed by atoms with E-state index >= 15 is 0 Å². The molecule has 0 unspecified atom stereocenters. The molecule has 7 nitrogen and oxygen atoms in total. The van der Waals surface area contributed by atoms with Crippen LogP contribution in [0, 0.1) is 11.3 Å². The molecule has 1 rings (SSSR count). The summed E-state index contributed by atoms with van der Waals surface area (Å²) in [7, 11) is -3.61. The first-order valence-electron chi connectivity index (χ1n) is 5.44. The molecule has 0 heterocycles. The van der Waals surface area contributed by atoms with Crippen molar-refractivity contribution in [1.82, 2.24) is 10.0 Å². The van der Waals surface area contributed by atoms with E-state index in [1.54, 1.807) is 12.1 Å². The molecule has 2 amide bonds. The quantitative estimate of drug-likeness (QED) is 0.619. The van der Waals surface area contributed by atoms with E-state index in [0.717, 1.165) is 5.56 Å². The first-order valence-corrected chi connectivity index (χ1v) is 6.93. The molecule has 0 aliphatic heterocycles. The zero-order valence-electron chi connectivity index (χ0n) is 10.1. The molecule has 1 aromatic rings. The molecule has 0 fully saturated rings. The largest absolute Gasteiger partial charge is 0.352 e. The van der Waals surface area contributed by atoms with Crippen LogP contribution < -0.4 is 15.8 Å². The number of sulfonamides is 1. The number of primary amides is 1. The Morgan fingerprint density at radius 2 is 1.89 bits per heavy atom. The second kappa shape index (κ2) is 6.72. The number of benzene rings is 1. The molecule has 0 aliphatic rings. The molecule has 1 aromatic carbocycles. The number of rotatable bonds is 6. The summed E-state index contributed by atoms with van der Waals surface area (Å²) in [6, 6.07) is 7.29. The van der Waals surface area contributed by atoms with E-state index in [0.29, 0.717) is 0 Å². The summed E-state index contributed by atoms with van der Waals surface area (Å²) in [6.07, 6.45) is 0.232. The summed E-state index contributed by atoms with van der Waals surface area (Å²) >= 11 is 0. The van der Waals surface area contributed by atoms with Gasteiger partial charge in [0, 0.05) is 13.1 Å². The number of carbonyl (C=O) groups is 1. The maximum Gasteiger partial charge on any atom is 0.312 e. The third-order valence-electron chi connectivity index (χ3n) is 2.23. The van der Waals surface area contributed by atoms with Crippen molar-refractivity contribution in [3.8, 4) is 6.07 Å². The lowest BCUT2D eigenvalue weighted by Crippen LogP contribution is -2.37. The first-order chi connectivity index (χ1) is 8.95. The van der Waals surface area contributed by atoms with Gasteiger partial charge in [0.05, 0.1) is 17.4 Å². The third kappa shape index (κ3) is 4.95. The number of nitriles is 1. The number of hydrogen-bond donors (Lipinski definition) is 3. The number of nitrogens with two attached hydrogens (primary N) is 1. The molecule has 0 radical (unpaired) electrons. The highest BCUT2D eigenvalue weighted by atomic mass is 32.2. The van der Waals surface area contributed by atoms with Crippen molar-refractivity contribution >= 4 is 16.1 Å². The molecule has 0 saturated carbocycles. The summed E-state index contributed by atoms with van der Waals surface area (Å²) in [5.41, 5.74) is 5.59. The molecule has 0 bridgehead atoms. The van der Waals surface area contributed by atoms with Crippen LogP contribution in [0.1, 0.15) is 5.56 Å². The Kier molecular flexibility index (Phi) is 5.29. The average Bonchev–Trinajstić information content (AvgIpc) is 2.36. The van der Waals surface area contributed by atoms with Gasteiger partial charge in [0.25, 0.3) is 0 Å². The Morgan fingerprint density at radius 1 is 1.26 bits per heavy atom. The van der Waals surface area contributed by atoms with Crippen molar-refractivity contribution < 1.29 is 13.2 Å². The summed E-state index contributed by atoms with van der Waals surface area (Å²) in [6.45, 7) is 0.159. The van der Waals surface area contributed by atoms with Crippen molar-refractivity contribution in [3.63, 3.8) is 0 Å². The first kappa shape index (κ1) is 14.9. The summed E-state index contributed by atoms with van der Waals surface area (Å²) in [5.74, 6) is 0. The molecular weight excluding hydrogens is 268 g/mol. The maximum absolute atomic E-state index is 11.8. The lowest BCUT2D eigenvalue weighted by atomic mass is 10.2. The fraction of sp³-hybridized carbons (Fsp3) is 0.273. The Labute approximate surface area is 111 Å². The van der Waals surface area contributed by atoms with Crippen molar-refractivity contribution in [2.24, 2.45) is 5.73 Å². The van der Waals surface area contributed by atoms with E-state index in [4.69, 9.17) is 11.0 Å². The molecule has 102 valence electrons. The second-order valence-electron chi connectivity index (χ2n) is 3.67. The van der Waals surface area contributed by atoms with Crippen LogP contribution >= 0.6 is 0 Å². The predicted molar refractivity (Wildman–Crippen MR) is 68.5 cm³/mol. The van der Waals surface area contributed by atoms with E-state index < -0.39 is 16.1 Å². The Morgan fingerprint density at radius 3 is 2.42 bits per heavy atom. The predicted octanol–water partition coefficient (Wildman–Crippen LogP) is -0.301. The van der Waals surface area contributed by atoms with Gasteiger partial charge < -0.3 is 11.1 Å². The summed E-state index contributed by atoms with van der Waals surface area (Å²) in [4.78, 5) is 10.5. The molecule has 19 heavy (non-hydrogen) atoms. The van der Waals surface area contributed by atoms with Crippen LogP contribution in [0.4, 0.5) is 4.79 Å².